The van der Waals surface area contributed by atoms with Crippen molar-refractivity contribution >= 4 is 6.08 Å². The molecule has 1 aliphatic rings. The monoisotopic (exact) mass is 256 g/mol. The Balaban J connectivity index is 2.05. The van der Waals surface area contributed by atoms with Crippen LogP contribution in [0.2, 0.25) is 0 Å². The van der Waals surface area contributed by atoms with E-state index in [1.165, 1.54) is 49.7 Å². The molecule has 0 heterocycles. The highest BCUT2D eigenvalue weighted by Crippen LogP contribution is 2.38. The highest BCUT2D eigenvalue weighted by molar-refractivity contribution is 5.53. The lowest BCUT2D eigenvalue weighted by Crippen LogP contribution is -2.13. The Hall–Kier alpha value is -1.04. The van der Waals surface area contributed by atoms with Gasteiger partial charge in [0.2, 0.25) is 0 Å². The average Bonchev–Trinajstić information content (AvgIpc) is 2.47. The fraction of sp³-hybridized carbons (Fsp3) is 0.579. The molecule has 1 aliphatic carbocycles. The Morgan fingerprint density at radius 2 is 1.89 bits per heavy atom. The Bertz CT molecular complexity index is 408. The van der Waals surface area contributed by atoms with E-state index in [4.69, 9.17) is 0 Å². The van der Waals surface area contributed by atoms with Gasteiger partial charge in [0.25, 0.3) is 0 Å². The molecule has 104 valence electrons. The Morgan fingerprint density at radius 1 is 1.16 bits per heavy atom. The fourth-order valence-electron chi connectivity index (χ4n) is 3.58. The van der Waals surface area contributed by atoms with Gasteiger partial charge in [-0.1, -0.05) is 57.5 Å². The van der Waals surface area contributed by atoms with Gasteiger partial charge in [0.05, 0.1) is 0 Å². The molecule has 0 nitrogen and oxygen atoms in total. The van der Waals surface area contributed by atoms with Crippen LogP contribution in [0, 0.1) is 5.92 Å². The number of aryl methyl sites for hydroxylation is 1. The molecule has 0 atom stereocenters. The average molecular weight is 256 g/mol. The van der Waals surface area contributed by atoms with Crippen LogP contribution in [-0.4, -0.2) is 0 Å². The van der Waals surface area contributed by atoms with Crippen LogP contribution in [0.5, 0.6) is 0 Å². The van der Waals surface area contributed by atoms with Crippen LogP contribution in [-0.2, 0) is 6.42 Å². The summed E-state index contributed by atoms with van der Waals surface area (Å²) < 4.78 is 0. The molecule has 0 amide bonds. The van der Waals surface area contributed by atoms with Crippen molar-refractivity contribution in [2.75, 3.05) is 0 Å². The molecule has 0 aromatic heterocycles. The van der Waals surface area contributed by atoms with Crippen molar-refractivity contribution in [3.8, 4) is 0 Å². The molecule has 0 unspecified atom stereocenters. The minimum Gasteiger partial charge on any atom is -0.0985 e. The summed E-state index contributed by atoms with van der Waals surface area (Å²) in [5.41, 5.74) is 4.34. The predicted octanol–water partition coefficient (Wildman–Crippen LogP) is 5.97. The van der Waals surface area contributed by atoms with Gasteiger partial charge < -0.3 is 0 Å². The van der Waals surface area contributed by atoms with E-state index in [-0.39, 0.29) is 0 Å². The smallest absolute Gasteiger partial charge is 0.0162 e. The molecule has 0 heteroatoms. The molecule has 1 aromatic rings. The second-order valence-corrected chi connectivity index (χ2v) is 6.02. The molecule has 1 aromatic carbocycles. The normalized spacial score (nSPS) is 23.3. The zero-order chi connectivity index (χ0) is 13.7. The lowest BCUT2D eigenvalue weighted by Gasteiger charge is -2.29. The lowest BCUT2D eigenvalue weighted by molar-refractivity contribution is 0.308. The Morgan fingerprint density at radius 3 is 2.47 bits per heavy atom. The molecule has 0 N–H and O–H groups in total. The van der Waals surface area contributed by atoms with Gasteiger partial charge in [0.1, 0.15) is 0 Å². The van der Waals surface area contributed by atoms with Gasteiger partial charge in [0.15, 0.2) is 0 Å². The molecular formula is C19H28. The van der Waals surface area contributed by atoms with Gasteiger partial charge in [-0.05, 0) is 60.6 Å². The van der Waals surface area contributed by atoms with Crippen molar-refractivity contribution in [2.24, 2.45) is 5.92 Å². The topological polar surface area (TPSA) is 0 Å². The summed E-state index contributed by atoms with van der Waals surface area (Å²) in [5, 5.41) is 0. The number of rotatable bonds is 5. The van der Waals surface area contributed by atoms with Crippen molar-refractivity contribution in [3.05, 3.63) is 41.5 Å². The van der Waals surface area contributed by atoms with E-state index in [0.717, 1.165) is 18.3 Å². The second-order valence-electron chi connectivity index (χ2n) is 6.02. The first-order valence-electron chi connectivity index (χ1n) is 8.03. The van der Waals surface area contributed by atoms with Gasteiger partial charge in [-0.25, -0.2) is 0 Å². The molecule has 0 saturated heterocycles. The quantitative estimate of drug-likeness (QED) is 0.609. The summed E-state index contributed by atoms with van der Waals surface area (Å²) >= 11 is 0. The maximum Gasteiger partial charge on any atom is -0.0162 e. The van der Waals surface area contributed by atoms with E-state index in [9.17, 15) is 0 Å². The van der Waals surface area contributed by atoms with E-state index in [1.807, 2.05) is 6.08 Å². The molecule has 19 heavy (non-hydrogen) atoms. The van der Waals surface area contributed by atoms with Gasteiger partial charge >= 0.3 is 0 Å². The van der Waals surface area contributed by atoms with E-state index in [0.29, 0.717) is 0 Å². The van der Waals surface area contributed by atoms with Crippen molar-refractivity contribution in [2.45, 2.75) is 64.7 Å². The Kier molecular flexibility index (Phi) is 5.24. The summed E-state index contributed by atoms with van der Waals surface area (Å²) in [6, 6.07) is 7.03. The second kappa shape index (κ2) is 6.93. The zero-order valence-electron chi connectivity index (χ0n) is 12.6. The van der Waals surface area contributed by atoms with Crippen molar-refractivity contribution in [1.82, 2.24) is 0 Å². The lowest BCUT2D eigenvalue weighted by atomic mass is 9.77. The molecule has 0 bridgehead atoms. The minimum atomic E-state index is 0.803. The summed E-state index contributed by atoms with van der Waals surface area (Å²) in [7, 11) is 0. The highest BCUT2D eigenvalue weighted by Gasteiger charge is 2.22. The third kappa shape index (κ3) is 3.49. The summed E-state index contributed by atoms with van der Waals surface area (Å²) in [6.07, 6.45) is 11.5. The van der Waals surface area contributed by atoms with Crippen LogP contribution >= 0.6 is 0 Å². The maximum absolute atomic E-state index is 3.91. The van der Waals surface area contributed by atoms with Gasteiger partial charge in [0, 0.05) is 0 Å². The number of benzene rings is 1. The molecule has 0 aliphatic heterocycles. The third-order valence-electron chi connectivity index (χ3n) is 4.78. The maximum atomic E-state index is 3.91. The van der Waals surface area contributed by atoms with E-state index >= 15 is 0 Å². The van der Waals surface area contributed by atoms with Crippen molar-refractivity contribution in [3.63, 3.8) is 0 Å². The SMILES string of the molecule is C=Cc1ccc(C2CCC(CCC)CC2)cc1CC. The predicted molar refractivity (Wildman–Crippen MR) is 85.5 cm³/mol. The molecule has 2 rings (SSSR count). The molecule has 0 spiro atoms. The van der Waals surface area contributed by atoms with E-state index < -0.39 is 0 Å². The first-order chi connectivity index (χ1) is 9.28. The molecule has 1 saturated carbocycles. The minimum absolute atomic E-state index is 0.803. The van der Waals surface area contributed by atoms with Crippen LogP contribution in [0.3, 0.4) is 0 Å². The van der Waals surface area contributed by atoms with Gasteiger partial charge in [-0.3, -0.25) is 0 Å². The first kappa shape index (κ1) is 14.4. The van der Waals surface area contributed by atoms with Crippen LogP contribution in [0.25, 0.3) is 6.08 Å². The Labute approximate surface area is 118 Å². The fourth-order valence-corrected chi connectivity index (χ4v) is 3.58. The van der Waals surface area contributed by atoms with Gasteiger partial charge in [-0.15, -0.1) is 0 Å². The molecule has 1 fully saturated rings. The largest absolute Gasteiger partial charge is 0.0985 e. The molecule has 0 radical (unpaired) electrons. The number of hydrogen-bond acceptors (Lipinski definition) is 0. The zero-order valence-corrected chi connectivity index (χ0v) is 12.6. The van der Waals surface area contributed by atoms with E-state index in [1.54, 1.807) is 5.56 Å². The molecular weight excluding hydrogens is 228 g/mol. The van der Waals surface area contributed by atoms with Crippen LogP contribution < -0.4 is 0 Å². The van der Waals surface area contributed by atoms with Gasteiger partial charge in [-0.2, -0.15) is 0 Å². The standard InChI is InChI=1S/C19H28/c1-4-7-15-8-10-18(11-9-15)19-13-12-16(5-2)17(6-3)14-19/h5,12-15,18H,2,4,6-11H2,1,3H3. The van der Waals surface area contributed by atoms with Crippen molar-refractivity contribution < 1.29 is 0 Å². The van der Waals surface area contributed by atoms with Crippen molar-refractivity contribution in [1.29, 1.82) is 0 Å². The van der Waals surface area contributed by atoms with Crippen LogP contribution in [0.15, 0.2) is 24.8 Å². The summed E-state index contributed by atoms with van der Waals surface area (Å²) in [6.45, 7) is 8.47. The summed E-state index contributed by atoms with van der Waals surface area (Å²) in [4.78, 5) is 0. The number of hydrogen-bond donors (Lipinski definition) is 0. The first-order valence-corrected chi connectivity index (χ1v) is 8.03. The third-order valence-corrected chi connectivity index (χ3v) is 4.78. The van der Waals surface area contributed by atoms with E-state index in [2.05, 4.69) is 38.6 Å². The summed E-state index contributed by atoms with van der Waals surface area (Å²) in [5.74, 6) is 1.80. The highest BCUT2D eigenvalue weighted by atomic mass is 14.3. The van der Waals surface area contributed by atoms with Crippen LogP contribution in [0.1, 0.15) is 75.0 Å². The van der Waals surface area contributed by atoms with Crippen LogP contribution in [0.4, 0.5) is 0 Å².